The van der Waals surface area contributed by atoms with Crippen LogP contribution >= 0.6 is 12.2 Å². The maximum atomic E-state index is 11.9. The van der Waals surface area contributed by atoms with Crippen molar-refractivity contribution in [3.8, 4) is 0 Å². The molecule has 8 nitrogen and oxygen atoms in total. The summed E-state index contributed by atoms with van der Waals surface area (Å²) in [7, 11) is 0. The van der Waals surface area contributed by atoms with Crippen LogP contribution in [0.25, 0.3) is 0 Å². The first-order valence-electron chi connectivity index (χ1n) is 10.6. The Morgan fingerprint density at radius 2 is 1.71 bits per heavy atom. The van der Waals surface area contributed by atoms with Crippen molar-refractivity contribution in [1.29, 1.82) is 0 Å². The number of unbranched alkanes of at least 4 members (excludes halogenated alkanes) is 9. The van der Waals surface area contributed by atoms with E-state index >= 15 is 0 Å². The van der Waals surface area contributed by atoms with Gasteiger partial charge in [0.25, 0.3) is 0 Å². The van der Waals surface area contributed by atoms with E-state index in [0.717, 1.165) is 30.0 Å². The number of aliphatic hydroxyl groups excluding tert-OH is 3. The Kier molecular flexibility index (Phi) is 14.8. The zero-order valence-electron chi connectivity index (χ0n) is 17.1. The average molecular weight is 423 g/mol. The molecule has 1 rings (SSSR count). The van der Waals surface area contributed by atoms with Gasteiger partial charge in [-0.05, 0) is 6.42 Å². The number of β-amino-alcohol motifs (C(OH)–C–C–N with tert-alkyl or cyclic N) is 1. The van der Waals surface area contributed by atoms with Crippen LogP contribution < -0.4 is 4.72 Å². The van der Waals surface area contributed by atoms with E-state index in [0.29, 0.717) is 6.61 Å². The van der Waals surface area contributed by atoms with Crippen molar-refractivity contribution in [1.82, 2.24) is 9.62 Å². The molecule has 4 N–H and O–H groups in total. The summed E-state index contributed by atoms with van der Waals surface area (Å²) in [5.41, 5.74) is 0. The summed E-state index contributed by atoms with van der Waals surface area (Å²) in [5, 5.41) is 29.1. The maximum Gasteiger partial charge on any atom is 0.411 e. The van der Waals surface area contributed by atoms with Crippen molar-refractivity contribution in [2.24, 2.45) is 0 Å². The lowest BCUT2D eigenvalue weighted by Gasteiger charge is -2.31. The molecule has 0 bridgehead atoms. The molecule has 1 fully saturated rings. The molecule has 1 heterocycles. The zero-order valence-corrected chi connectivity index (χ0v) is 17.9. The topological polar surface area (TPSA) is 111 Å². The Morgan fingerprint density at radius 1 is 1.11 bits per heavy atom. The number of carbonyl (C=O) groups excluding carboxylic acids is 1. The van der Waals surface area contributed by atoms with Gasteiger partial charge >= 0.3 is 6.09 Å². The summed E-state index contributed by atoms with van der Waals surface area (Å²) in [6.07, 6.45) is 8.46. The fourth-order valence-corrected chi connectivity index (χ4v) is 3.73. The Bertz CT molecular complexity index is 405. The van der Waals surface area contributed by atoms with Crippen LogP contribution in [0, 0.1) is 0 Å². The third-order valence-corrected chi connectivity index (χ3v) is 5.44. The predicted octanol–water partition coefficient (Wildman–Crippen LogP) is 2.57. The zero-order chi connectivity index (χ0) is 20.6. The number of rotatable bonds is 16. The standard InChI is InChI=1S/C19H38N2O6S/c1-2-3-4-5-6-7-8-9-10-11-14-27-28-20-18-17(24)16(23)15-26-19(25)21(18)12-13-22/h16-18,20,22-24H,2-15H2,1H3. The van der Waals surface area contributed by atoms with Crippen LogP contribution in [0.1, 0.15) is 71.1 Å². The van der Waals surface area contributed by atoms with E-state index in [9.17, 15) is 15.0 Å². The number of amides is 1. The molecule has 1 saturated heterocycles. The van der Waals surface area contributed by atoms with Gasteiger partial charge in [0, 0.05) is 6.54 Å². The second-order valence-electron chi connectivity index (χ2n) is 7.20. The maximum absolute atomic E-state index is 11.9. The van der Waals surface area contributed by atoms with Gasteiger partial charge in [-0.15, -0.1) is 0 Å². The third-order valence-electron chi connectivity index (χ3n) is 4.82. The quantitative estimate of drug-likeness (QED) is 0.171. The number of hydrogen-bond donors (Lipinski definition) is 4. The Labute approximate surface area is 173 Å². The Hall–Kier alpha value is -0.580. The second-order valence-corrected chi connectivity index (χ2v) is 7.84. The first-order valence-corrected chi connectivity index (χ1v) is 11.3. The average Bonchev–Trinajstić information content (AvgIpc) is 2.79. The molecule has 28 heavy (non-hydrogen) atoms. The van der Waals surface area contributed by atoms with Gasteiger partial charge in [0.2, 0.25) is 0 Å². The van der Waals surface area contributed by atoms with Crippen molar-refractivity contribution < 1.29 is 29.0 Å². The molecule has 1 aliphatic rings. The third kappa shape index (κ3) is 10.3. The molecule has 9 heteroatoms. The van der Waals surface area contributed by atoms with E-state index in [-0.39, 0.29) is 19.8 Å². The summed E-state index contributed by atoms with van der Waals surface area (Å²) in [5.74, 6) is 0. The molecule has 0 aliphatic carbocycles. The lowest BCUT2D eigenvalue weighted by molar-refractivity contribution is -0.0284. The van der Waals surface area contributed by atoms with Gasteiger partial charge in [0.15, 0.2) is 0 Å². The highest BCUT2D eigenvalue weighted by Gasteiger charge is 2.38. The molecular weight excluding hydrogens is 384 g/mol. The first kappa shape index (κ1) is 25.5. The molecule has 3 atom stereocenters. The van der Waals surface area contributed by atoms with E-state index in [1.165, 1.54) is 51.4 Å². The van der Waals surface area contributed by atoms with Crippen LogP contribution in [0.4, 0.5) is 4.79 Å². The first-order chi connectivity index (χ1) is 13.6. The van der Waals surface area contributed by atoms with E-state index in [1.54, 1.807) is 0 Å². The Balaban J connectivity index is 2.12. The second kappa shape index (κ2) is 16.2. The summed E-state index contributed by atoms with van der Waals surface area (Å²) in [4.78, 5) is 13.1. The van der Waals surface area contributed by atoms with E-state index in [2.05, 4.69) is 11.6 Å². The molecular formula is C19H38N2O6S. The smallest absolute Gasteiger partial charge is 0.411 e. The van der Waals surface area contributed by atoms with Crippen LogP contribution in [0.15, 0.2) is 0 Å². The van der Waals surface area contributed by atoms with Crippen molar-refractivity contribution in [2.75, 3.05) is 26.4 Å². The number of cyclic esters (lactones) is 1. The lowest BCUT2D eigenvalue weighted by Crippen LogP contribution is -2.55. The lowest BCUT2D eigenvalue weighted by atomic mass is 10.1. The predicted molar refractivity (Wildman–Crippen MR) is 109 cm³/mol. The largest absolute Gasteiger partial charge is 0.447 e. The van der Waals surface area contributed by atoms with Gasteiger partial charge in [-0.25, -0.2) is 9.52 Å². The number of nitrogens with one attached hydrogen (secondary N) is 1. The van der Waals surface area contributed by atoms with Gasteiger partial charge < -0.3 is 24.2 Å². The molecule has 166 valence electrons. The van der Waals surface area contributed by atoms with Crippen molar-refractivity contribution >= 4 is 18.3 Å². The van der Waals surface area contributed by atoms with Crippen LogP contribution in [0.5, 0.6) is 0 Å². The van der Waals surface area contributed by atoms with Crippen molar-refractivity contribution in [2.45, 2.75) is 89.5 Å². The minimum atomic E-state index is -1.24. The summed E-state index contributed by atoms with van der Waals surface area (Å²) < 4.78 is 13.2. The van der Waals surface area contributed by atoms with Crippen LogP contribution in [-0.4, -0.2) is 71.1 Å². The Morgan fingerprint density at radius 3 is 2.32 bits per heavy atom. The number of aliphatic hydroxyl groups is 3. The number of ether oxygens (including phenoxy) is 1. The van der Waals surface area contributed by atoms with Gasteiger partial charge in [0.1, 0.15) is 25.0 Å². The van der Waals surface area contributed by atoms with Crippen molar-refractivity contribution in [3.05, 3.63) is 0 Å². The molecule has 0 spiro atoms. The molecule has 0 radical (unpaired) electrons. The summed E-state index contributed by atoms with van der Waals surface area (Å²) >= 11 is 0.934. The highest BCUT2D eigenvalue weighted by Crippen LogP contribution is 2.17. The van der Waals surface area contributed by atoms with E-state index < -0.39 is 24.5 Å². The van der Waals surface area contributed by atoms with Crippen LogP contribution in [0.3, 0.4) is 0 Å². The summed E-state index contributed by atoms with van der Waals surface area (Å²) in [6, 6.07) is 0. The summed E-state index contributed by atoms with van der Waals surface area (Å²) in [6.45, 7) is 2.21. The van der Waals surface area contributed by atoms with E-state index in [4.69, 9.17) is 14.0 Å². The number of carbonyl (C=O) groups is 1. The fourth-order valence-electron chi connectivity index (χ4n) is 3.09. The fraction of sp³-hybridized carbons (Fsp3) is 0.947. The highest BCUT2D eigenvalue weighted by atomic mass is 32.2. The van der Waals surface area contributed by atoms with Gasteiger partial charge in [0.05, 0.1) is 25.4 Å². The molecule has 1 amide bonds. The van der Waals surface area contributed by atoms with Crippen LogP contribution in [-0.2, 0) is 8.92 Å². The molecule has 3 unspecified atom stereocenters. The highest BCUT2D eigenvalue weighted by molar-refractivity contribution is 7.92. The molecule has 0 aromatic rings. The van der Waals surface area contributed by atoms with Gasteiger partial charge in [-0.1, -0.05) is 64.7 Å². The minimum Gasteiger partial charge on any atom is -0.447 e. The van der Waals surface area contributed by atoms with Crippen LogP contribution in [0.2, 0.25) is 0 Å². The normalized spacial score (nSPS) is 22.9. The molecule has 1 aliphatic heterocycles. The van der Waals surface area contributed by atoms with E-state index in [1.807, 2.05) is 0 Å². The SMILES string of the molecule is CCCCCCCCCCCCOSNC1C(O)C(O)COC(=O)N1CCO. The number of nitrogens with zero attached hydrogens (tertiary/aromatic N) is 1. The molecule has 0 saturated carbocycles. The van der Waals surface area contributed by atoms with Crippen molar-refractivity contribution in [3.63, 3.8) is 0 Å². The molecule has 0 aromatic heterocycles. The minimum absolute atomic E-state index is 0.0146. The van der Waals surface area contributed by atoms with Gasteiger partial charge in [-0.3, -0.25) is 4.90 Å². The van der Waals surface area contributed by atoms with Gasteiger partial charge in [-0.2, -0.15) is 0 Å². The number of hydrogen-bond acceptors (Lipinski definition) is 8. The monoisotopic (exact) mass is 422 g/mol. The molecule has 0 aromatic carbocycles.